The minimum Gasteiger partial charge on any atom is -0.395 e. The fourth-order valence-corrected chi connectivity index (χ4v) is 4.64. The van der Waals surface area contributed by atoms with Crippen LogP contribution < -0.4 is 10.6 Å². The molecule has 100 valence electrons. The summed E-state index contributed by atoms with van der Waals surface area (Å²) in [6, 6.07) is 5.10. The fourth-order valence-electron chi connectivity index (χ4n) is 3.94. The Morgan fingerprint density at radius 2 is 2.11 bits per heavy atom. The zero-order chi connectivity index (χ0) is 12.8. The lowest BCUT2D eigenvalue weighted by Crippen LogP contribution is -2.42. The highest BCUT2D eigenvalue weighted by Crippen LogP contribution is 2.42. The van der Waals surface area contributed by atoms with Gasteiger partial charge >= 0.3 is 0 Å². The first-order valence-electron chi connectivity index (χ1n) is 7.23. The van der Waals surface area contributed by atoms with Crippen LogP contribution in [0.15, 0.2) is 17.6 Å². The van der Waals surface area contributed by atoms with Gasteiger partial charge in [-0.15, -0.1) is 11.3 Å². The quantitative estimate of drug-likeness (QED) is 0.806. The van der Waals surface area contributed by atoms with Gasteiger partial charge in [-0.05, 0) is 43.7 Å². The number of nitrogens with zero attached hydrogens (tertiary/aromatic N) is 2. The topological polar surface area (TPSA) is 42.1 Å². The van der Waals surface area contributed by atoms with Gasteiger partial charge in [0.15, 0.2) is 0 Å². The molecule has 2 heterocycles. The second-order valence-corrected chi connectivity index (χ2v) is 6.68. The Hall–Kier alpha value is -1.29. The van der Waals surface area contributed by atoms with Crippen molar-refractivity contribution in [3.8, 4) is 0 Å². The van der Waals surface area contributed by atoms with E-state index in [1.165, 1.54) is 42.5 Å². The van der Waals surface area contributed by atoms with E-state index in [2.05, 4.69) is 22.0 Å². The van der Waals surface area contributed by atoms with E-state index >= 15 is 0 Å². The Labute approximate surface area is 117 Å². The monoisotopic (exact) mass is 273 g/mol. The number of thiazole rings is 1. The van der Waals surface area contributed by atoms with E-state index in [1.807, 2.05) is 5.51 Å². The van der Waals surface area contributed by atoms with E-state index in [4.69, 9.17) is 5.73 Å². The number of hydrogen-bond acceptors (Lipinski definition) is 4. The Morgan fingerprint density at radius 1 is 1.21 bits per heavy atom. The van der Waals surface area contributed by atoms with Crippen LogP contribution in [0.1, 0.15) is 32.1 Å². The third-order valence-corrected chi connectivity index (χ3v) is 5.62. The maximum atomic E-state index is 6.38. The molecule has 0 radical (unpaired) electrons. The molecular formula is C15H19N3S. The van der Waals surface area contributed by atoms with E-state index in [9.17, 15) is 0 Å². The van der Waals surface area contributed by atoms with Gasteiger partial charge in [0.25, 0.3) is 0 Å². The third-order valence-electron chi connectivity index (χ3n) is 4.82. The van der Waals surface area contributed by atoms with Crippen molar-refractivity contribution in [3.63, 3.8) is 0 Å². The summed E-state index contributed by atoms with van der Waals surface area (Å²) in [5.41, 5.74) is 11.4. The number of nitrogens with two attached hydrogens (primary N) is 1. The molecule has 4 rings (SSSR count). The number of nitrogen functional groups attached to an aromatic ring is 1. The predicted molar refractivity (Wildman–Crippen MR) is 81.7 cm³/mol. The van der Waals surface area contributed by atoms with Crippen LogP contribution in [0.25, 0.3) is 10.2 Å². The minimum absolute atomic E-state index is 0.715. The standard InChI is InChI=1S/C15H19N3S/c16-14-12(6-7-13-15(14)17-9-19-13)18-8-2-4-10-3-1-5-11(10)18/h6-7,9-11H,1-5,8,16H2. The summed E-state index contributed by atoms with van der Waals surface area (Å²) in [5, 5.41) is 0. The van der Waals surface area contributed by atoms with Crippen LogP contribution in [-0.4, -0.2) is 17.6 Å². The van der Waals surface area contributed by atoms with E-state index < -0.39 is 0 Å². The molecule has 2 fully saturated rings. The zero-order valence-corrected chi connectivity index (χ0v) is 11.8. The average Bonchev–Trinajstić information content (AvgIpc) is 3.07. The number of fused-ring (bicyclic) bond motifs is 2. The van der Waals surface area contributed by atoms with Crippen LogP contribution in [0.3, 0.4) is 0 Å². The van der Waals surface area contributed by atoms with Crippen LogP contribution in [0, 0.1) is 5.92 Å². The number of piperidine rings is 1. The maximum absolute atomic E-state index is 6.38. The first-order chi connectivity index (χ1) is 9.34. The van der Waals surface area contributed by atoms with E-state index in [0.717, 1.165) is 23.7 Å². The van der Waals surface area contributed by atoms with Crippen molar-refractivity contribution < 1.29 is 0 Å². The number of rotatable bonds is 1. The van der Waals surface area contributed by atoms with E-state index in [1.54, 1.807) is 11.3 Å². The molecule has 4 heteroatoms. The second kappa shape index (κ2) is 4.37. The molecule has 0 spiro atoms. The second-order valence-electron chi connectivity index (χ2n) is 5.79. The number of aromatic nitrogens is 1. The average molecular weight is 273 g/mol. The molecule has 1 aromatic heterocycles. The van der Waals surface area contributed by atoms with Crippen LogP contribution in [0.4, 0.5) is 11.4 Å². The SMILES string of the molecule is Nc1c(N2CCCC3CCCC32)ccc2scnc12. The highest BCUT2D eigenvalue weighted by Gasteiger charge is 2.35. The van der Waals surface area contributed by atoms with Gasteiger partial charge in [0.05, 0.1) is 21.6 Å². The Balaban J connectivity index is 1.78. The summed E-state index contributed by atoms with van der Waals surface area (Å²) >= 11 is 1.67. The molecule has 0 bridgehead atoms. The van der Waals surface area contributed by atoms with Crippen LogP contribution in [-0.2, 0) is 0 Å². The molecule has 1 aliphatic carbocycles. The molecule has 1 aliphatic heterocycles. The molecule has 2 atom stereocenters. The van der Waals surface area contributed by atoms with Gasteiger partial charge < -0.3 is 10.6 Å². The smallest absolute Gasteiger partial charge is 0.106 e. The van der Waals surface area contributed by atoms with Gasteiger partial charge in [0, 0.05) is 12.6 Å². The van der Waals surface area contributed by atoms with Gasteiger partial charge in [0.1, 0.15) is 5.52 Å². The molecular weight excluding hydrogens is 254 g/mol. The van der Waals surface area contributed by atoms with Gasteiger partial charge in [-0.1, -0.05) is 6.42 Å². The number of hydrogen-bond donors (Lipinski definition) is 1. The molecule has 2 N–H and O–H groups in total. The number of benzene rings is 1. The van der Waals surface area contributed by atoms with Crippen molar-refractivity contribution in [2.45, 2.75) is 38.1 Å². The lowest BCUT2D eigenvalue weighted by molar-refractivity contribution is 0.363. The Bertz CT molecular complexity index is 606. The first kappa shape index (κ1) is 11.5. The van der Waals surface area contributed by atoms with Gasteiger partial charge in [-0.25, -0.2) is 4.98 Å². The molecule has 0 amide bonds. The minimum atomic E-state index is 0.715. The van der Waals surface area contributed by atoms with Crippen molar-refractivity contribution >= 4 is 32.9 Å². The largest absolute Gasteiger partial charge is 0.395 e. The fraction of sp³-hybridized carbons (Fsp3) is 0.533. The predicted octanol–water partition coefficient (Wildman–Crippen LogP) is 3.65. The van der Waals surface area contributed by atoms with Gasteiger partial charge in [-0.2, -0.15) is 0 Å². The molecule has 1 saturated heterocycles. The normalized spacial score (nSPS) is 26.8. The highest BCUT2D eigenvalue weighted by atomic mass is 32.1. The lowest BCUT2D eigenvalue weighted by Gasteiger charge is -2.40. The molecule has 2 aliphatic rings. The van der Waals surface area contributed by atoms with Gasteiger partial charge in [-0.3, -0.25) is 0 Å². The van der Waals surface area contributed by atoms with E-state index in [-0.39, 0.29) is 0 Å². The Morgan fingerprint density at radius 3 is 3.05 bits per heavy atom. The van der Waals surface area contributed by atoms with Crippen LogP contribution in [0.5, 0.6) is 0 Å². The third kappa shape index (κ3) is 1.73. The summed E-state index contributed by atoms with van der Waals surface area (Å²) < 4.78 is 1.20. The van der Waals surface area contributed by atoms with Crippen LogP contribution >= 0.6 is 11.3 Å². The molecule has 2 aromatic rings. The maximum Gasteiger partial charge on any atom is 0.106 e. The van der Waals surface area contributed by atoms with Crippen molar-refractivity contribution in [2.24, 2.45) is 5.92 Å². The number of anilines is 2. The molecule has 1 aromatic carbocycles. The Kier molecular flexibility index (Phi) is 2.65. The zero-order valence-electron chi connectivity index (χ0n) is 11.0. The van der Waals surface area contributed by atoms with E-state index in [0.29, 0.717) is 6.04 Å². The molecule has 1 saturated carbocycles. The summed E-state index contributed by atoms with van der Waals surface area (Å²) in [4.78, 5) is 6.99. The summed E-state index contributed by atoms with van der Waals surface area (Å²) in [7, 11) is 0. The summed E-state index contributed by atoms with van der Waals surface area (Å²) in [6.07, 6.45) is 6.82. The van der Waals surface area contributed by atoms with Crippen molar-refractivity contribution in [1.29, 1.82) is 0 Å². The van der Waals surface area contributed by atoms with Gasteiger partial charge in [0.2, 0.25) is 0 Å². The molecule has 2 unspecified atom stereocenters. The highest BCUT2D eigenvalue weighted by molar-refractivity contribution is 7.16. The van der Waals surface area contributed by atoms with Crippen molar-refractivity contribution in [2.75, 3.05) is 17.2 Å². The van der Waals surface area contributed by atoms with Crippen molar-refractivity contribution in [3.05, 3.63) is 17.6 Å². The van der Waals surface area contributed by atoms with Crippen LogP contribution in [0.2, 0.25) is 0 Å². The summed E-state index contributed by atoms with van der Waals surface area (Å²) in [6.45, 7) is 1.15. The lowest BCUT2D eigenvalue weighted by atomic mass is 9.91. The summed E-state index contributed by atoms with van der Waals surface area (Å²) in [5.74, 6) is 0.888. The molecule has 19 heavy (non-hydrogen) atoms. The molecule has 3 nitrogen and oxygen atoms in total. The van der Waals surface area contributed by atoms with Crippen molar-refractivity contribution in [1.82, 2.24) is 4.98 Å². The first-order valence-corrected chi connectivity index (χ1v) is 8.11.